The molecule has 0 amide bonds. The summed E-state index contributed by atoms with van der Waals surface area (Å²) in [4.78, 5) is 3.54. The van der Waals surface area contributed by atoms with Crippen molar-refractivity contribution in [2.24, 2.45) is 0 Å². The number of pyridine rings is 1. The minimum atomic E-state index is -4.06. The Hall–Kier alpha value is -2.15. The van der Waals surface area contributed by atoms with Crippen molar-refractivity contribution in [3.05, 3.63) is 47.9 Å². The van der Waals surface area contributed by atoms with Crippen LogP contribution in [0.4, 0.5) is 15.8 Å². The Labute approximate surface area is 110 Å². The van der Waals surface area contributed by atoms with Gasteiger partial charge in [-0.2, -0.15) is 8.42 Å². The maximum atomic E-state index is 13.5. The third kappa shape index (κ3) is 2.82. The molecule has 1 heterocycles. The van der Waals surface area contributed by atoms with E-state index >= 15 is 0 Å². The Kier molecular flexibility index (Phi) is 3.39. The molecule has 1 aromatic heterocycles. The zero-order valence-corrected chi connectivity index (χ0v) is 10.9. The van der Waals surface area contributed by atoms with E-state index in [0.29, 0.717) is 16.9 Å². The van der Waals surface area contributed by atoms with Crippen LogP contribution in [-0.4, -0.2) is 13.4 Å². The summed E-state index contributed by atoms with van der Waals surface area (Å²) in [5.41, 5.74) is 7.07. The van der Waals surface area contributed by atoms with Crippen molar-refractivity contribution in [2.45, 2.75) is 11.9 Å². The van der Waals surface area contributed by atoms with Gasteiger partial charge in [-0.3, -0.25) is 4.72 Å². The van der Waals surface area contributed by atoms with Crippen molar-refractivity contribution in [2.75, 3.05) is 10.5 Å². The second-order valence-corrected chi connectivity index (χ2v) is 5.57. The van der Waals surface area contributed by atoms with Crippen LogP contribution in [-0.2, 0) is 10.0 Å². The van der Waals surface area contributed by atoms with Gasteiger partial charge in [0, 0.05) is 11.9 Å². The van der Waals surface area contributed by atoms with Gasteiger partial charge in [0.25, 0.3) is 10.0 Å². The van der Waals surface area contributed by atoms with Gasteiger partial charge < -0.3 is 5.73 Å². The highest BCUT2D eigenvalue weighted by molar-refractivity contribution is 7.92. The molecule has 0 atom stereocenters. The summed E-state index contributed by atoms with van der Waals surface area (Å²) >= 11 is 0. The topological polar surface area (TPSA) is 85.1 Å². The van der Waals surface area contributed by atoms with Crippen LogP contribution in [0.3, 0.4) is 0 Å². The molecule has 3 N–H and O–H groups in total. The number of nitrogen functional groups attached to an aromatic ring is 1. The number of sulfonamides is 1. The first-order valence-electron chi connectivity index (χ1n) is 5.39. The Balaban J connectivity index is 2.40. The molecule has 7 heteroatoms. The molecule has 0 saturated carbocycles. The van der Waals surface area contributed by atoms with E-state index in [1.54, 1.807) is 19.1 Å². The van der Waals surface area contributed by atoms with Crippen LogP contribution in [0.2, 0.25) is 0 Å². The molecule has 0 fully saturated rings. The zero-order chi connectivity index (χ0) is 14.0. The monoisotopic (exact) mass is 281 g/mol. The van der Waals surface area contributed by atoms with Crippen LogP contribution < -0.4 is 10.5 Å². The van der Waals surface area contributed by atoms with E-state index < -0.39 is 20.9 Å². The molecule has 0 saturated heterocycles. The summed E-state index contributed by atoms with van der Waals surface area (Å²) in [6.07, 6.45) is 1.22. The lowest BCUT2D eigenvalue weighted by Gasteiger charge is -2.10. The lowest BCUT2D eigenvalue weighted by atomic mass is 10.2. The average Bonchev–Trinajstić information content (AvgIpc) is 2.33. The number of aromatic nitrogens is 1. The Morgan fingerprint density at radius 3 is 2.68 bits per heavy atom. The first-order valence-corrected chi connectivity index (χ1v) is 6.88. The number of halogens is 1. The van der Waals surface area contributed by atoms with E-state index in [1.165, 1.54) is 18.3 Å². The van der Waals surface area contributed by atoms with Gasteiger partial charge in [0.1, 0.15) is 0 Å². The van der Waals surface area contributed by atoms with E-state index in [2.05, 4.69) is 9.71 Å². The molecule has 0 unspecified atom stereocenters. The number of nitrogens with one attached hydrogen (secondary N) is 1. The third-order valence-electron chi connectivity index (χ3n) is 2.47. The number of hydrogen-bond acceptors (Lipinski definition) is 4. The molecule has 2 rings (SSSR count). The normalized spacial score (nSPS) is 11.3. The Morgan fingerprint density at radius 2 is 2.05 bits per heavy atom. The predicted octanol–water partition coefficient (Wildman–Crippen LogP) is 1.91. The fraction of sp³-hybridized carbons (Fsp3) is 0.0833. The molecule has 5 nitrogen and oxygen atoms in total. The van der Waals surface area contributed by atoms with Gasteiger partial charge in [0.05, 0.1) is 5.69 Å². The van der Waals surface area contributed by atoms with E-state index in [9.17, 15) is 12.8 Å². The first kappa shape index (κ1) is 13.3. The summed E-state index contributed by atoms with van der Waals surface area (Å²) in [6.45, 7) is 1.70. The molecule has 2 aromatic rings. The third-order valence-corrected chi connectivity index (χ3v) is 3.77. The second kappa shape index (κ2) is 4.85. The standard InChI is InChI=1S/C12H12FN3O2S/c1-8-7-9(14)4-5-11(8)16-19(17,18)12-10(13)3-2-6-15-12/h2-7,16H,14H2,1H3. The molecule has 1 aromatic carbocycles. The summed E-state index contributed by atoms with van der Waals surface area (Å²) in [7, 11) is -4.06. The van der Waals surface area contributed by atoms with Gasteiger partial charge in [-0.15, -0.1) is 0 Å². The van der Waals surface area contributed by atoms with E-state index in [-0.39, 0.29) is 0 Å². The molecule has 0 bridgehead atoms. The summed E-state index contributed by atoms with van der Waals surface area (Å²) in [5.74, 6) is -0.900. The van der Waals surface area contributed by atoms with Gasteiger partial charge in [0.2, 0.25) is 5.03 Å². The molecule has 0 aliphatic heterocycles. The van der Waals surface area contributed by atoms with Crippen molar-refractivity contribution in [3.8, 4) is 0 Å². The SMILES string of the molecule is Cc1cc(N)ccc1NS(=O)(=O)c1ncccc1F. The lowest BCUT2D eigenvalue weighted by Crippen LogP contribution is -2.16. The second-order valence-electron chi connectivity index (χ2n) is 3.97. The first-order chi connectivity index (χ1) is 8.90. The minimum Gasteiger partial charge on any atom is -0.399 e. The molecule has 19 heavy (non-hydrogen) atoms. The Morgan fingerprint density at radius 1 is 1.32 bits per heavy atom. The maximum absolute atomic E-state index is 13.5. The van der Waals surface area contributed by atoms with E-state index in [4.69, 9.17) is 5.73 Å². The molecule has 0 spiro atoms. The molecule has 100 valence electrons. The molecule has 0 aliphatic carbocycles. The highest BCUT2D eigenvalue weighted by Crippen LogP contribution is 2.21. The van der Waals surface area contributed by atoms with Crippen LogP contribution in [0.25, 0.3) is 0 Å². The summed E-state index contributed by atoms with van der Waals surface area (Å²) < 4.78 is 39.8. The molecular formula is C12H12FN3O2S. The highest BCUT2D eigenvalue weighted by Gasteiger charge is 2.21. The van der Waals surface area contributed by atoms with Gasteiger partial charge in [0.15, 0.2) is 5.82 Å². The fourth-order valence-corrected chi connectivity index (χ4v) is 2.70. The predicted molar refractivity (Wildman–Crippen MR) is 70.6 cm³/mol. The number of nitrogens with two attached hydrogens (primary N) is 1. The lowest BCUT2D eigenvalue weighted by molar-refractivity contribution is 0.557. The van der Waals surface area contributed by atoms with Crippen LogP contribution in [0.15, 0.2) is 41.6 Å². The molecular weight excluding hydrogens is 269 g/mol. The van der Waals surface area contributed by atoms with Crippen molar-refractivity contribution in [1.82, 2.24) is 4.98 Å². The number of aryl methyl sites for hydroxylation is 1. The van der Waals surface area contributed by atoms with Crippen LogP contribution in [0.5, 0.6) is 0 Å². The zero-order valence-electron chi connectivity index (χ0n) is 10.1. The van der Waals surface area contributed by atoms with Gasteiger partial charge in [-0.25, -0.2) is 9.37 Å². The van der Waals surface area contributed by atoms with E-state index in [0.717, 1.165) is 6.07 Å². The highest BCUT2D eigenvalue weighted by atomic mass is 32.2. The smallest absolute Gasteiger partial charge is 0.282 e. The van der Waals surface area contributed by atoms with Gasteiger partial charge in [-0.05, 0) is 42.8 Å². The minimum absolute atomic E-state index is 0.333. The van der Waals surface area contributed by atoms with Crippen LogP contribution in [0.1, 0.15) is 5.56 Å². The Bertz CT molecular complexity index is 717. The van der Waals surface area contributed by atoms with Crippen molar-refractivity contribution in [3.63, 3.8) is 0 Å². The summed E-state index contributed by atoms with van der Waals surface area (Å²) in [6, 6.07) is 7.05. The summed E-state index contributed by atoms with van der Waals surface area (Å²) in [5, 5.41) is -0.633. The van der Waals surface area contributed by atoms with E-state index in [1.807, 2.05) is 0 Å². The largest absolute Gasteiger partial charge is 0.399 e. The number of hydrogen-bond donors (Lipinski definition) is 2. The van der Waals surface area contributed by atoms with Crippen molar-refractivity contribution >= 4 is 21.4 Å². The van der Waals surface area contributed by atoms with Crippen LogP contribution >= 0.6 is 0 Å². The molecule has 0 radical (unpaired) electrons. The van der Waals surface area contributed by atoms with Crippen LogP contribution in [0, 0.1) is 12.7 Å². The van der Waals surface area contributed by atoms with Gasteiger partial charge >= 0.3 is 0 Å². The molecule has 0 aliphatic rings. The van der Waals surface area contributed by atoms with Crippen molar-refractivity contribution in [1.29, 1.82) is 0 Å². The number of rotatable bonds is 3. The number of benzene rings is 1. The van der Waals surface area contributed by atoms with Crippen molar-refractivity contribution < 1.29 is 12.8 Å². The number of nitrogens with zero attached hydrogens (tertiary/aromatic N) is 1. The fourth-order valence-electron chi connectivity index (χ4n) is 1.56. The maximum Gasteiger partial charge on any atom is 0.282 e. The quantitative estimate of drug-likeness (QED) is 0.842. The van der Waals surface area contributed by atoms with Gasteiger partial charge in [-0.1, -0.05) is 0 Å². The average molecular weight is 281 g/mol. The number of anilines is 2.